The lowest BCUT2D eigenvalue weighted by Crippen LogP contribution is -3.06. The molecule has 3 rings (SSSR count). The Hall–Kier alpha value is -2.92. The van der Waals surface area contributed by atoms with Gasteiger partial charge in [0.1, 0.15) is 5.69 Å². The van der Waals surface area contributed by atoms with Crippen LogP contribution in [0, 0.1) is 0 Å². The number of amides is 1. The van der Waals surface area contributed by atoms with Crippen LogP contribution in [-0.2, 0) is 4.79 Å². The summed E-state index contributed by atoms with van der Waals surface area (Å²) in [6, 6.07) is 17.3. The van der Waals surface area contributed by atoms with Gasteiger partial charge < -0.3 is 14.6 Å². The van der Waals surface area contributed by atoms with Gasteiger partial charge in [0, 0.05) is 17.3 Å². The average Bonchev–Trinajstić information content (AvgIpc) is 3.01. The van der Waals surface area contributed by atoms with Crippen LogP contribution in [0.4, 0.5) is 0 Å². The summed E-state index contributed by atoms with van der Waals surface area (Å²) in [5.41, 5.74) is 2.97. The monoisotopic (exact) mass is 336 g/mol. The molecule has 0 saturated heterocycles. The van der Waals surface area contributed by atoms with Crippen molar-refractivity contribution in [2.45, 2.75) is 0 Å². The van der Waals surface area contributed by atoms with Gasteiger partial charge in [-0.3, -0.25) is 9.59 Å². The highest BCUT2D eigenvalue weighted by molar-refractivity contribution is 6.43. The number of hydrogen-bond acceptors (Lipinski definition) is 2. The average molecular weight is 336 g/mol. The van der Waals surface area contributed by atoms with E-state index in [1.54, 1.807) is 4.40 Å². The summed E-state index contributed by atoms with van der Waals surface area (Å²) in [6.45, 7) is 1.23. The van der Waals surface area contributed by atoms with Crippen molar-refractivity contribution in [3.8, 4) is 11.1 Å². The van der Waals surface area contributed by atoms with Crippen LogP contribution in [0.2, 0.25) is 0 Å². The first kappa shape index (κ1) is 16.9. The fraction of sp³-hybridized carbons (Fsp3) is 0.200. The molecule has 0 bridgehead atoms. The fourth-order valence-corrected chi connectivity index (χ4v) is 2.81. The predicted octanol–water partition coefficient (Wildman–Crippen LogP) is 1.05. The number of hydrogen-bond donors (Lipinski definition) is 2. The number of ketones is 1. The summed E-state index contributed by atoms with van der Waals surface area (Å²) in [7, 11) is 4.00. The second kappa shape index (κ2) is 7.32. The molecule has 1 amide bonds. The van der Waals surface area contributed by atoms with Crippen LogP contribution >= 0.6 is 0 Å². The van der Waals surface area contributed by atoms with Gasteiger partial charge in [-0.2, -0.15) is 0 Å². The summed E-state index contributed by atoms with van der Waals surface area (Å²) in [4.78, 5) is 26.4. The lowest BCUT2D eigenvalue weighted by Gasteiger charge is -2.09. The molecular formula is C20H22N3O2+. The molecule has 0 aliphatic rings. The molecule has 3 aromatic rings. The van der Waals surface area contributed by atoms with Crippen LogP contribution in [0.1, 0.15) is 10.5 Å². The van der Waals surface area contributed by atoms with Crippen LogP contribution in [0.15, 0.2) is 60.8 Å². The number of quaternary nitrogens is 1. The molecule has 25 heavy (non-hydrogen) atoms. The number of aromatic nitrogens is 1. The maximum Gasteiger partial charge on any atom is 0.294 e. The minimum absolute atomic E-state index is 0.400. The maximum absolute atomic E-state index is 12.8. The van der Waals surface area contributed by atoms with Gasteiger partial charge in [0.05, 0.1) is 27.2 Å². The number of carbonyl (C=O) groups is 2. The zero-order valence-electron chi connectivity index (χ0n) is 14.5. The number of nitrogens with zero attached hydrogens (tertiary/aromatic N) is 1. The number of likely N-dealkylation sites (N-methyl/N-ethyl adjacent to an activating group) is 1. The Morgan fingerprint density at radius 2 is 1.76 bits per heavy atom. The van der Waals surface area contributed by atoms with Gasteiger partial charge in [-0.1, -0.05) is 36.4 Å². The minimum Gasteiger partial charge on any atom is -0.343 e. The highest BCUT2D eigenvalue weighted by atomic mass is 16.2. The van der Waals surface area contributed by atoms with E-state index in [4.69, 9.17) is 0 Å². The third-order valence-corrected chi connectivity index (χ3v) is 4.10. The Balaban J connectivity index is 1.99. The summed E-state index contributed by atoms with van der Waals surface area (Å²) in [5, 5.41) is 2.72. The van der Waals surface area contributed by atoms with E-state index in [-0.39, 0.29) is 0 Å². The topological polar surface area (TPSA) is 55.0 Å². The number of pyridine rings is 1. The summed E-state index contributed by atoms with van der Waals surface area (Å²) in [6.07, 6.45) is 1.81. The lowest BCUT2D eigenvalue weighted by atomic mass is 10.0. The summed E-state index contributed by atoms with van der Waals surface area (Å²) < 4.78 is 1.78. The van der Waals surface area contributed by atoms with Gasteiger partial charge in [-0.25, -0.2) is 0 Å². The number of fused-ring (bicyclic) bond motifs is 1. The van der Waals surface area contributed by atoms with E-state index in [0.717, 1.165) is 23.2 Å². The van der Waals surface area contributed by atoms with Crippen LogP contribution in [0.3, 0.4) is 0 Å². The van der Waals surface area contributed by atoms with Crippen molar-refractivity contribution in [1.82, 2.24) is 9.72 Å². The molecule has 0 saturated carbocycles. The molecule has 0 unspecified atom stereocenters. The van der Waals surface area contributed by atoms with E-state index in [1.165, 1.54) is 4.90 Å². The molecule has 0 spiro atoms. The van der Waals surface area contributed by atoms with E-state index in [1.807, 2.05) is 74.9 Å². The minimum atomic E-state index is -0.567. The standard InChI is InChI=1S/C20H21N3O2/c1-22(2)13-11-21-20(25)19(24)18-17(15-8-4-3-5-9-15)14-16-10-6-7-12-23(16)18/h3-10,12,14H,11,13H2,1-2H3,(H,21,25)/p+1. The van der Waals surface area contributed by atoms with Gasteiger partial charge in [0.25, 0.3) is 11.7 Å². The molecule has 0 radical (unpaired) electrons. The van der Waals surface area contributed by atoms with Gasteiger partial charge in [0.2, 0.25) is 0 Å². The number of rotatable bonds is 6. The highest BCUT2D eigenvalue weighted by Crippen LogP contribution is 2.28. The normalized spacial score (nSPS) is 11.0. The molecule has 2 aromatic heterocycles. The Morgan fingerprint density at radius 3 is 2.48 bits per heavy atom. The van der Waals surface area contributed by atoms with E-state index in [2.05, 4.69) is 5.32 Å². The second-order valence-corrected chi connectivity index (χ2v) is 6.31. The zero-order valence-corrected chi connectivity index (χ0v) is 14.5. The molecule has 0 aliphatic heterocycles. The predicted molar refractivity (Wildman–Crippen MR) is 97.9 cm³/mol. The highest BCUT2D eigenvalue weighted by Gasteiger charge is 2.24. The summed E-state index contributed by atoms with van der Waals surface area (Å²) >= 11 is 0. The molecule has 2 N–H and O–H groups in total. The number of Topliss-reactive ketones (excluding diaryl/α,β-unsaturated/α-hetero) is 1. The first-order chi connectivity index (χ1) is 12.1. The van der Waals surface area contributed by atoms with Crippen molar-refractivity contribution < 1.29 is 14.5 Å². The number of nitrogens with one attached hydrogen (secondary N) is 2. The van der Waals surface area contributed by atoms with Crippen molar-refractivity contribution in [2.75, 3.05) is 27.2 Å². The SMILES string of the molecule is C[NH+](C)CCNC(=O)C(=O)c1c(-c2ccccc2)cc2ccccn12. The quantitative estimate of drug-likeness (QED) is 0.522. The molecule has 5 heteroatoms. The summed E-state index contributed by atoms with van der Waals surface area (Å²) in [5.74, 6) is -1.08. The molecule has 5 nitrogen and oxygen atoms in total. The van der Waals surface area contributed by atoms with Gasteiger partial charge in [0.15, 0.2) is 0 Å². The molecule has 0 fully saturated rings. The number of carbonyl (C=O) groups excluding carboxylic acids is 2. The molecule has 2 heterocycles. The van der Waals surface area contributed by atoms with Crippen molar-refractivity contribution in [1.29, 1.82) is 0 Å². The first-order valence-electron chi connectivity index (χ1n) is 8.35. The Bertz CT molecular complexity index is 898. The van der Waals surface area contributed by atoms with E-state index < -0.39 is 11.7 Å². The zero-order chi connectivity index (χ0) is 17.8. The number of benzene rings is 1. The van der Waals surface area contributed by atoms with Gasteiger partial charge in [-0.05, 0) is 23.8 Å². The molecular weight excluding hydrogens is 314 g/mol. The Labute approximate surface area is 146 Å². The van der Waals surface area contributed by atoms with Crippen LogP contribution < -0.4 is 10.2 Å². The third-order valence-electron chi connectivity index (χ3n) is 4.10. The smallest absolute Gasteiger partial charge is 0.294 e. The van der Waals surface area contributed by atoms with Crippen LogP contribution in [-0.4, -0.2) is 43.3 Å². The molecule has 0 atom stereocenters. The van der Waals surface area contributed by atoms with Gasteiger partial charge in [-0.15, -0.1) is 0 Å². The fourth-order valence-electron chi connectivity index (χ4n) is 2.81. The first-order valence-corrected chi connectivity index (χ1v) is 8.35. The molecule has 0 aliphatic carbocycles. The lowest BCUT2D eigenvalue weighted by molar-refractivity contribution is -0.856. The second-order valence-electron chi connectivity index (χ2n) is 6.31. The van der Waals surface area contributed by atoms with E-state index in [0.29, 0.717) is 12.2 Å². The third kappa shape index (κ3) is 3.61. The molecule has 128 valence electrons. The molecule has 1 aromatic carbocycles. The largest absolute Gasteiger partial charge is 0.343 e. The van der Waals surface area contributed by atoms with Crippen molar-refractivity contribution >= 4 is 17.2 Å². The van der Waals surface area contributed by atoms with Crippen molar-refractivity contribution in [3.05, 3.63) is 66.5 Å². The Kier molecular flexibility index (Phi) is 4.95. The van der Waals surface area contributed by atoms with E-state index >= 15 is 0 Å². The van der Waals surface area contributed by atoms with Gasteiger partial charge >= 0.3 is 0 Å². The van der Waals surface area contributed by atoms with Crippen LogP contribution in [0.25, 0.3) is 16.6 Å². The van der Waals surface area contributed by atoms with E-state index in [9.17, 15) is 9.59 Å². The van der Waals surface area contributed by atoms with Crippen molar-refractivity contribution in [2.24, 2.45) is 0 Å². The Morgan fingerprint density at radius 1 is 1.04 bits per heavy atom. The maximum atomic E-state index is 12.8. The van der Waals surface area contributed by atoms with Crippen molar-refractivity contribution in [3.63, 3.8) is 0 Å². The van der Waals surface area contributed by atoms with Crippen LogP contribution in [0.5, 0.6) is 0 Å².